The van der Waals surface area contributed by atoms with Gasteiger partial charge in [-0.1, -0.05) is 40.2 Å². The fourth-order valence-electron chi connectivity index (χ4n) is 0.837. The van der Waals surface area contributed by atoms with E-state index in [4.69, 9.17) is 10.0 Å². The molecule has 0 aliphatic rings. The molecule has 0 unspecified atom stereocenters. The summed E-state index contributed by atoms with van der Waals surface area (Å²) in [6, 6.07) is 7.14. The molecule has 76 valence electrons. The van der Waals surface area contributed by atoms with Gasteiger partial charge in [-0.25, -0.2) is 0 Å². The van der Waals surface area contributed by atoms with Crippen LogP contribution in [0.2, 0.25) is 0 Å². The molecule has 0 aromatic heterocycles. The predicted octanol–water partition coefficient (Wildman–Crippen LogP) is 0.863. The second kappa shape index (κ2) is 8.41. The van der Waals surface area contributed by atoms with Crippen LogP contribution in [0, 0.1) is 0 Å². The largest absolute Gasteiger partial charge is 0.488 e. The summed E-state index contributed by atoms with van der Waals surface area (Å²) in [5.41, 5.74) is 1.57. The fourth-order valence-corrected chi connectivity index (χ4v) is 1.19. The maximum absolute atomic E-state index is 9.95. The Labute approximate surface area is 101 Å². The van der Waals surface area contributed by atoms with Gasteiger partial charge in [-0.05, 0) is 11.0 Å². The Balaban J connectivity index is 0.000000500. The normalized spacial score (nSPS) is 8.57. The van der Waals surface area contributed by atoms with Crippen LogP contribution >= 0.6 is 15.9 Å². The van der Waals surface area contributed by atoms with Crippen molar-refractivity contribution in [1.82, 2.24) is 0 Å². The first kappa shape index (κ1) is 14.1. The molecule has 2 N–H and O–H groups in total. The third-order valence-corrected chi connectivity index (χ3v) is 2.05. The van der Waals surface area contributed by atoms with Crippen LogP contribution in [0.25, 0.3) is 0 Å². The Morgan fingerprint density at radius 1 is 1.50 bits per heavy atom. The molecule has 0 bridgehead atoms. The molecule has 0 radical (unpaired) electrons. The van der Waals surface area contributed by atoms with E-state index in [-0.39, 0.29) is 0 Å². The monoisotopic (exact) mass is 431 g/mol. The van der Waals surface area contributed by atoms with Crippen LogP contribution in [0.1, 0.15) is 5.56 Å². The SMILES string of the molecule is F[N]=[W].OB(O)c1cccc(CBr)c1. The zero-order valence-electron chi connectivity index (χ0n) is 7.10. The minimum atomic E-state index is -1.37. The maximum atomic E-state index is 9.95. The molecule has 0 amide bonds. The van der Waals surface area contributed by atoms with E-state index in [0.717, 1.165) is 10.9 Å². The van der Waals surface area contributed by atoms with Crippen molar-refractivity contribution >= 4 is 28.5 Å². The Kier molecular flexibility index (Phi) is 8.48. The summed E-state index contributed by atoms with van der Waals surface area (Å²) in [6.07, 6.45) is 0. The van der Waals surface area contributed by atoms with E-state index in [1.807, 2.05) is 6.07 Å². The average molecular weight is 432 g/mol. The Morgan fingerprint density at radius 2 is 2.07 bits per heavy atom. The van der Waals surface area contributed by atoms with Crippen molar-refractivity contribution in [3.05, 3.63) is 29.8 Å². The summed E-state index contributed by atoms with van der Waals surface area (Å²) in [4.78, 5) is 0. The number of hydrogen-bond acceptors (Lipinski definition) is 3. The van der Waals surface area contributed by atoms with Crippen molar-refractivity contribution in [3.8, 4) is 0 Å². The molecule has 0 aliphatic carbocycles. The fraction of sp³-hybridized carbons (Fsp3) is 0.143. The Hall–Kier alpha value is 0.103. The van der Waals surface area contributed by atoms with Crippen LogP contribution < -0.4 is 5.46 Å². The first-order valence-corrected chi connectivity index (χ1v) is 6.03. The number of rotatable bonds is 2. The number of alkyl halides is 1. The van der Waals surface area contributed by atoms with Gasteiger partial charge >= 0.3 is 34.9 Å². The zero-order valence-corrected chi connectivity index (χ0v) is 11.6. The van der Waals surface area contributed by atoms with Gasteiger partial charge in [0.25, 0.3) is 0 Å². The van der Waals surface area contributed by atoms with Gasteiger partial charge in [-0.2, -0.15) is 0 Å². The van der Waals surface area contributed by atoms with Crippen molar-refractivity contribution < 1.29 is 34.2 Å². The predicted molar refractivity (Wildman–Crippen MR) is 52.4 cm³/mol. The van der Waals surface area contributed by atoms with Gasteiger partial charge in [0.1, 0.15) is 0 Å². The summed E-state index contributed by atoms with van der Waals surface area (Å²) >= 11 is 3.91. The maximum Gasteiger partial charge on any atom is 0.488 e. The van der Waals surface area contributed by atoms with Crippen molar-refractivity contribution in [2.24, 2.45) is 3.72 Å². The van der Waals surface area contributed by atoms with E-state index in [9.17, 15) is 4.48 Å². The molecule has 0 saturated carbocycles. The van der Waals surface area contributed by atoms with Gasteiger partial charge in [0.15, 0.2) is 0 Å². The first-order chi connectivity index (χ1) is 6.65. The first-order valence-electron chi connectivity index (χ1n) is 3.60. The molecule has 1 rings (SSSR count). The summed E-state index contributed by atoms with van der Waals surface area (Å²) < 4.78 is 12.0. The summed E-state index contributed by atoms with van der Waals surface area (Å²) in [7, 11) is -1.37. The Bertz CT molecular complexity index is 290. The molecular formula is C7H8BBrFNO2W. The van der Waals surface area contributed by atoms with Crippen LogP contribution in [0.5, 0.6) is 0 Å². The second-order valence-electron chi connectivity index (χ2n) is 2.32. The molecule has 0 spiro atoms. The standard InChI is InChI=1S/C7H8BBrO2.FN.W/c9-5-6-2-1-3-7(4-6)8(10)11;1-2;/h1-4,10-11H,5H2;;. The van der Waals surface area contributed by atoms with Gasteiger partial charge in [0.2, 0.25) is 0 Å². The molecule has 3 nitrogen and oxygen atoms in total. The molecule has 1 aromatic rings. The Morgan fingerprint density at radius 3 is 2.50 bits per heavy atom. The van der Waals surface area contributed by atoms with Crippen molar-refractivity contribution in [2.45, 2.75) is 5.33 Å². The summed E-state index contributed by atoms with van der Waals surface area (Å²) in [5, 5.41) is 18.3. The second-order valence-corrected chi connectivity index (χ2v) is 3.38. The van der Waals surface area contributed by atoms with Crippen LogP contribution in [-0.2, 0) is 25.0 Å². The van der Waals surface area contributed by atoms with Gasteiger partial charge in [-0.3, -0.25) is 0 Å². The van der Waals surface area contributed by atoms with Gasteiger partial charge in [0.05, 0.1) is 0 Å². The molecule has 0 heterocycles. The third-order valence-electron chi connectivity index (χ3n) is 1.40. The quantitative estimate of drug-likeness (QED) is 0.539. The number of halogens is 2. The van der Waals surface area contributed by atoms with Crippen molar-refractivity contribution in [2.75, 3.05) is 0 Å². The summed E-state index contributed by atoms with van der Waals surface area (Å²) in [5.74, 6) is 0. The zero-order chi connectivity index (χ0) is 11.0. The molecule has 14 heavy (non-hydrogen) atoms. The molecule has 0 aliphatic heterocycles. The molecule has 0 atom stereocenters. The molecule has 0 saturated heterocycles. The number of hydrogen-bond donors (Lipinski definition) is 2. The van der Waals surface area contributed by atoms with Crippen molar-refractivity contribution in [3.63, 3.8) is 0 Å². The number of benzene rings is 1. The van der Waals surface area contributed by atoms with Gasteiger partial charge in [0, 0.05) is 5.33 Å². The molecule has 7 heteroatoms. The van der Waals surface area contributed by atoms with E-state index < -0.39 is 7.12 Å². The van der Waals surface area contributed by atoms with E-state index >= 15 is 0 Å². The molecular weight excluding hydrogens is 424 g/mol. The van der Waals surface area contributed by atoms with E-state index in [2.05, 4.69) is 19.6 Å². The summed E-state index contributed by atoms with van der Waals surface area (Å²) in [6.45, 7) is 0. The van der Waals surface area contributed by atoms with Gasteiger partial charge in [-0.15, -0.1) is 0 Å². The van der Waals surface area contributed by atoms with E-state index in [0.29, 0.717) is 25.1 Å². The van der Waals surface area contributed by atoms with Crippen LogP contribution in [-0.4, -0.2) is 17.2 Å². The average Bonchev–Trinajstić information content (AvgIpc) is 2.19. The van der Waals surface area contributed by atoms with Gasteiger partial charge < -0.3 is 10.0 Å². The van der Waals surface area contributed by atoms with Crippen LogP contribution in [0.15, 0.2) is 28.0 Å². The molecule has 0 fully saturated rings. The number of nitrogens with zero attached hydrogens (tertiary/aromatic N) is 1. The van der Waals surface area contributed by atoms with Crippen molar-refractivity contribution in [1.29, 1.82) is 0 Å². The molecule has 1 aromatic carbocycles. The minimum absolute atomic E-state index is 0.530. The topological polar surface area (TPSA) is 52.8 Å². The minimum Gasteiger partial charge on any atom is -0.423 e. The van der Waals surface area contributed by atoms with E-state index in [1.54, 1.807) is 18.2 Å². The smallest absolute Gasteiger partial charge is 0.423 e. The van der Waals surface area contributed by atoms with E-state index in [1.165, 1.54) is 0 Å². The van der Waals surface area contributed by atoms with Crippen LogP contribution in [0.4, 0.5) is 4.48 Å². The van der Waals surface area contributed by atoms with Crippen LogP contribution in [0.3, 0.4) is 0 Å². The third kappa shape index (κ3) is 5.75.